The number of carboxylic acids is 1. The number of hydrogen-bond acceptors (Lipinski definition) is 8. The lowest BCUT2D eigenvalue weighted by Crippen LogP contribution is -2.42. The van der Waals surface area contributed by atoms with Gasteiger partial charge in [-0.2, -0.15) is 4.98 Å². The standard InChI is InChI=1S/C34H31FN4O6S/c1-19-8-15-28(46-19)22-6-5-7-23(18-22)30(40)37-27(32(41)42)17-20-9-14-25(26(35)16-20)29-38-31(45-39-29)21-10-12-24(13-11-21)36-33(43)44-34(2,3)4/h5-16,18,27H,17H2,1-4H3,(H,36,43)(H,37,40)(H,41,42). The minimum absolute atomic E-state index is 0.00101. The number of aryl methyl sites for hydroxylation is 1. The van der Waals surface area contributed by atoms with E-state index in [0.29, 0.717) is 22.4 Å². The number of anilines is 1. The fraction of sp³-hybridized carbons (Fsp3) is 0.206. The summed E-state index contributed by atoms with van der Waals surface area (Å²) in [6.45, 7) is 7.29. The Morgan fingerprint density at radius 1 is 1.00 bits per heavy atom. The van der Waals surface area contributed by atoms with Crippen molar-refractivity contribution in [2.45, 2.75) is 45.8 Å². The molecule has 2 amide bonds. The predicted octanol–water partition coefficient (Wildman–Crippen LogP) is 7.35. The van der Waals surface area contributed by atoms with E-state index in [9.17, 15) is 19.5 Å². The number of hydrogen-bond donors (Lipinski definition) is 3. The zero-order valence-corrected chi connectivity index (χ0v) is 26.3. The van der Waals surface area contributed by atoms with Crippen molar-refractivity contribution in [3.8, 4) is 33.3 Å². The van der Waals surface area contributed by atoms with Gasteiger partial charge in [0.2, 0.25) is 5.82 Å². The summed E-state index contributed by atoms with van der Waals surface area (Å²) in [5.74, 6) is -2.35. The first-order chi connectivity index (χ1) is 21.8. The second kappa shape index (κ2) is 13.3. The van der Waals surface area contributed by atoms with Crippen LogP contribution < -0.4 is 10.6 Å². The Morgan fingerprint density at radius 2 is 1.76 bits per heavy atom. The van der Waals surface area contributed by atoms with Crippen LogP contribution in [0.1, 0.15) is 41.6 Å². The molecule has 5 aromatic rings. The average Bonchev–Trinajstić information content (AvgIpc) is 3.66. The molecule has 2 heterocycles. The van der Waals surface area contributed by atoms with Gasteiger partial charge in [0.25, 0.3) is 11.8 Å². The molecule has 10 nitrogen and oxygen atoms in total. The van der Waals surface area contributed by atoms with Crippen molar-refractivity contribution >= 4 is 35.0 Å². The summed E-state index contributed by atoms with van der Waals surface area (Å²) in [5, 5.41) is 18.9. The molecular formula is C34H31FN4O6S. The van der Waals surface area contributed by atoms with Gasteiger partial charge in [-0.15, -0.1) is 11.3 Å². The van der Waals surface area contributed by atoms with Gasteiger partial charge in [-0.25, -0.2) is 14.0 Å². The van der Waals surface area contributed by atoms with Crippen molar-refractivity contribution in [1.29, 1.82) is 0 Å². The average molecular weight is 643 g/mol. The molecule has 0 spiro atoms. The number of carboxylic acid groups (broad SMARTS) is 1. The molecule has 3 N–H and O–H groups in total. The second-order valence-electron chi connectivity index (χ2n) is 11.5. The SMILES string of the molecule is Cc1ccc(-c2cccc(C(=O)NC(Cc3ccc(-c4noc(-c5ccc(NC(=O)OC(C)(C)C)cc5)n4)c(F)c3)C(=O)O)c2)s1. The van der Waals surface area contributed by atoms with E-state index in [-0.39, 0.29) is 23.7 Å². The van der Waals surface area contributed by atoms with Crippen LogP contribution in [0.2, 0.25) is 0 Å². The van der Waals surface area contributed by atoms with E-state index in [1.165, 1.54) is 12.1 Å². The van der Waals surface area contributed by atoms with Gasteiger partial charge in [-0.05, 0) is 99.5 Å². The highest BCUT2D eigenvalue weighted by atomic mass is 32.1. The van der Waals surface area contributed by atoms with E-state index < -0.39 is 35.4 Å². The molecule has 2 aromatic heterocycles. The molecule has 12 heteroatoms. The number of amides is 2. The Morgan fingerprint density at radius 3 is 2.41 bits per heavy atom. The summed E-state index contributed by atoms with van der Waals surface area (Å²) in [4.78, 5) is 43.4. The van der Waals surface area contributed by atoms with Gasteiger partial charge in [0.15, 0.2) is 0 Å². The molecule has 1 unspecified atom stereocenters. The number of thiophene rings is 1. The lowest BCUT2D eigenvalue weighted by Gasteiger charge is -2.19. The van der Waals surface area contributed by atoms with Crippen molar-refractivity contribution in [3.05, 3.63) is 101 Å². The van der Waals surface area contributed by atoms with Crippen LogP contribution in [0.25, 0.3) is 33.3 Å². The molecule has 0 saturated carbocycles. The smallest absolute Gasteiger partial charge is 0.412 e. The molecular weight excluding hydrogens is 611 g/mol. The third kappa shape index (κ3) is 8.02. The third-order valence-electron chi connectivity index (χ3n) is 6.67. The summed E-state index contributed by atoms with van der Waals surface area (Å²) in [7, 11) is 0. The molecule has 0 aliphatic heterocycles. The van der Waals surface area contributed by atoms with E-state index in [1.807, 2.05) is 25.1 Å². The molecule has 0 aliphatic carbocycles. The number of rotatable bonds is 9. The van der Waals surface area contributed by atoms with Gasteiger partial charge in [0, 0.05) is 33.0 Å². The number of nitrogens with one attached hydrogen (secondary N) is 2. The maximum atomic E-state index is 15.2. The Labute approximate surface area is 268 Å². The van der Waals surface area contributed by atoms with E-state index in [1.54, 1.807) is 80.6 Å². The van der Waals surface area contributed by atoms with E-state index in [2.05, 4.69) is 20.8 Å². The van der Waals surface area contributed by atoms with Gasteiger partial charge >= 0.3 is 12.1 Å². The monoisotopic (exact) mass is 642 g/mol. The van der Waals surface area contributed by atoms with E-state index >= 15 is 4.39 Å². The zero-order chi connectivity index (χ0) is 33.0. The second-order valence-corrected chi connectivity index (χ2v) is 12.8. The number of aliphatic carboxylic acids is 1. The summed E-state index contributed by atoms with van der Waals surface area (Å²) >= 11 is 1.59. The quantitative estimate of drug-likeness (QED) is 0.151. The molecule has 236 valence electrons. The van der Waals surface area contributed by atoms with Crippen LogP contribution in [0.4, 0.5) is 14.9 Å². The Balaban J connectivity index is 1.24. The number of carbonyl (C=O) groups excluding carboxylic acids is 2. The highest BCUT2D eigenvalue weighted by Gasteiger charge is 2.23. The first kappa shape index (κ1) is 32.0. The largest absolute Gasteiger partial charge is 0.480 e. The number of ether oxygens (including phenoxy) is 1. The van der Waals surface area contributed by atoms with Crippen LogP contribution in [0.3, 0.4) is 0 Å². The van der Waals surface area contributed by atoms with Gasteiger partial charge in [0.1, 0.15) is 17.5 Å². The molecule has 46 heavy (non-hydrogen) atoms. The lowest BCUT2D eigenvalue weighted by molar-refractivity contribution is -0.139. The zero-order valence-electron chi connectivity index (χ0n) is 25.5. The number of halogens is 1. The predicted molar refractivity (Wildman–Crippen MR) is 172 cm³/mol. The Bertz CT molecular complexity index is 1890. The number of carbonyl (C=O) groups is 3. The van der Waals surface area contributed by atoms with Crippen molar-refractivity contribution in [2.75, 3.05) is 5.32 Å². The number of aromatic nitrogens is 2. The molecule has 5 rings (SSSR count). The fourth-order valence-electron chi connectivity index (χ4n) is 4.52. The van der Waals surface area contributed by atoms with Crippen molar-refractivity contribution in [3.63, 3.8) is 0 Å². The number of nitrogens with zero attached hydrogens (tertiary/aromatic N) is 2. The summed E-state index contributed by atoms with van der Waals surface area (Å²) in [5.41, 5.74) is 1.99. The first-order valence-electron chi connectivity index (χ1n) is 14.3. The van der Waals surface area contributed by atoms with Gasteiger partial charge in [-0.1, -0.05) is 23.4 Å². The topological polar surface area (TPSA) is 144 Å². The summed E-state index contributed by atoms with van der Waals surface area (Å²) in [6.07, 6.45) is -0.741. The van der Waals surface area contributed by atoms with E-state index in [0.717, 1.165) is 15.3 Å². The minimum Gasteiger partial charge on any atom is -0.480 e. The van der Waals surface area contributed by atoms with Gasteiger partial charge in [-0.3, -0.25) is 10.1 Å². The van der Waals surface area contributed by atoms with Gasteiger partial charge in [0.05, 0.1) is 5.56 Å². The maximum absolute atomic E-state index is 15.2. The van der Waals surface area contributed by atoms with Crippen LogP contribution in [0, 0.1) is 12.7 Å². The van der Waals surface area contributed by atoms with Crippen LogP contribution in [-0.2, 0) is 16.0 Å². The van der Waals surface area contributed by atoms with Crippen LogP contribution in [0.15, 0.2) is 83.4 Å². The first-order valence-corrected chi connectivity index (χ1v) is 15.1. The van der Waals surface area contributed by atoms with Crippen molar-refractivity contribution < 1.29 is 33.1 Å². The molecule has 0 bridgehead atoms. The molecule has 0 saturated heterocycles. The van der Waals surface area contributed by atoms with Crippen LogP contribution in [-0.4, -0.2) is 44.9 Å². The highest BCUT2D eigenvalue weighted by molar-refractivity contribution is 7.15. The Kier molecular flexibility index (Phi) is 9.28. The van der Waals surface area contributed by atoms with Crippen LogP contribution in [0.5, 0.6) is 0 Å². The molecule has 1 atom stereocenters. The normalized spacial score (nSPS) is 11.9. The molecule has 0 radical (unpaired) electrons. The number of benzene rings is 3. The lowest BCUT2D eigenvalue weighted by atomic mass is 10.0. The van der Waals surface area contributed by atoms with E-state index in [4.69, 9.17) is 9.26 Å². The molecule has 0 aliphatic rings. The maximum Gasteiger partial charge on any atom is 0.412 e. The third-order valence-corrected chi connectivity index (χ3v) is 7.72. The Hall–Kier alpha value is -5.36. The van der Waals surface area contributed by atoms with Crippen LogP contribution >= 0.6 is 11.3 Å². The summed E-state index contributed by atoms with van der Waals surface area (Å²) in [6, 6.07) is 20.4. The highest BCUT2D eigenvalue weighted by Crippen LogP contribution is 2.29. The molecule has 3 aromatic carbocycles. The van der Waals surface area contributed by atoms with Crippen molar-refractivity contribution in [1.82, 2.24) is 15.5 Å². The molecule has 0 fully saturated rings. The fourth-order valence-corrected chi connectivity index (χ4v) is 5.38. The van der Waals surface area contributed by atoms with Gasteiger partial charge < -0.3 is 19.7 Å². The summed E-state index contributed by atoms with van der Waals surface area (Å²) < 4.78 is 25.8. The van der Waals surface area contributed by atoms with Crippen molar-refractivity contribution in [2.24, 2.45) is 0 Å². The minimum atomic E-state index is -1.30.